The molecule has 0 aromatic heterocycles. The number of hydrogen-bond acceptors (Lipinski definition) is 5. The van der Waals surface area contributed by atoms with Gasteiger partial charge < -0.3 is 15.0 Å². The Morgan fingerprint density at radius 3 is 2.22 bits per heavy atom. The molecular weight excluding hydrogens is 504 g/mol. The Morgan fingerprint density at radius 1 is 0.944 bits per heavy atom. The maximum absolute atomic E-state index is 13.4. The molecule has 3 aromatic rings. The molecule has 3 aromatic carbocycles. The van der Waals surface area contributed by atoms with E-state index in [0.29, 0.717) is 16.5 Å². The van der Waals surface area contributed by atoms with Crippen molar-refractivity contribution in [3.63, 3.8) is 0 Å². The van der Waals surface area contributed by atoms with Crippen molar-refractivity contribution >= 4 is 45.1 Å². The number of nitrogens with one attached hydrogen (secondary N) is 2. The number of carbonyl (C=O) groups is 2. The average Bonchev–Trinajstić information content (AvgIpc) is 2.87. The highest BCUT2D eigenvalue weighted by molar-refractivity contribution is 7.91. The van der Waals surface area contributed by atoms with Crippen LogP contribution in [0.3, 0.4) is 0 Å². The topological polar surface area (TPSA) is 108 Å². The lowest BCUT2D eigenvalue weighted by Crippen LogP contribution is -2.54. The number of anilines is 2. The number of rotatable bonds is 9. The minimum atomic E-state index is -4.28. The minimum Gasteiger partial charge on any atom is -0.497 e. The maximum atomic E-state index is 13.4. The lowest BCUT2D eigenvalue weighted by molar-refractivity contribution is -0.120. The second-order valence-corrected chi connectivity index (χ2v) is 10.0. The Morgan fingerprint density at radius 2 is 1.61 bits per heavy atom. The number of benzene rings is 3. The highest BCUT2D eigenvalue weighted by atomic mass is 35.5. The zero-order valence-corrected chi connectivity index (χ0v) is 21.6. The van der Waals surface area contributed by atoms with E-state index in [4.69, 9.17) is 16.3 Å². The van der Waals surface area contributed by atoms with E-state index in [1.807, 2.05) is 35.1 Å². The molecule has 3 amide bonds. The molecule has 0 unspecified atom stereocenters. The number of nitrogens with zero attached hydrogens (tertiary/aromatic N) is 2. The number of methoxy groups -OCH3 is 1. The lowest BCUT2D eigenvalue weighted by Gasteiger charge is -2.26. The molecule has 0 spiro atoms. The Bertz CT molecular complexity index is 1300. The SMILES string of the molecule is COc1ccc(N(C)C(=O)[C@H](Cc2ccccc2)NC(=O)NS(=O)(=O)N(C)c2cccc(Cl)c2)cc1. The van der Waals surface area contributed by atoms with E-state index in [-0.39, 0.29) is 12.1 Å². The summed E-state index contributed by atoms with van der Waals surface area (Å²) in [4.78, 5) is 27.5. The van der Waals surface area contributed by atoms with Gasteiger partial charge in [0.2, 0.25) is 5.91 Å². The summed E-state index contributed by atoms with van der Waals surface area (Å²) in [5.74, 6) is 0.201. The van der Waals surface area contributed by atoms with Gasteiger partial charge >= 0.3 is 16.2 Å². The van der Waals surface area contributed by atoms with Crippen LogP contribution < -0.4 is 24.0 Å². The van der Waals surface area contributed by atoms with E-state index in [1.165, 1.54) is 24.1 Å². The summed E-state index contributed by atoms with van der Waals surface area (Å²) in [6, 6.07) is 20.0. The predicted octanol–water partition coefficient (Wildman–Crippen LogP) is 3.60. The van der Waals surface area contributed by atoms with Gasteiger partial charge in [-0.1, -0.05) is 48.0 Å². The van der Waals surface area contributed by atoms with Crippen LogP contribution in [0.5, 0.6) is 5.75 Å². The fourth-order valence-electron chi connectivity index (χ4n) is 3.40. The zero-order valence-electron chi connectivity index (χ0n) is 20.0. The first kappa shape index (κ1) is 26.8. The van der Waals surface area contributed by atoms with Crippen molar-refractivity contribution in [2.24, 2.45) is 0 Å². The van der Waals surface area contributed by atoms with Crippen LogP contribution >= 0.6 is 11.6 Å². The standard InChI is InChI=1S/C25H27ClN4O5S/c1-29(20-12-14-22(35-3)15-13-20)24(31)23(16-18-8-5-4-6-9-18)27-25(32)28-36(33,34)30(2)21-11-7-10-19(26)17-21/h4-15,17,23H,16H2,1-3H3,(H2,27,28,32)/t23-/m0/s1. The fourth-order valence-corrected chi connectivity index (χ4v) is 4.41. The first-order chi connectivity index (χ1) is 17.1. The van der Waals surface area contributed by atoms with Crippen LogP contribution in [0.1, 0.15) is 5.56 Å². The summed E-state index contributed by atoms with van der Waals surface area (Å²) >= 11 is 5.95. The molecule has 0 saturated carbocycles. The summed E-state index contributed by atoms with van der Waals surface area (Å²) < 4.78 is 33.6. The van der Waals surface area contributed by atoms with Gasteiger partial charge in [-0.25, -0.2) is 9.52 Å². The number of hydrogen-bond donors (Lipinski definition) is 2. The quantitative estimate of drug-likeness (QED) is 0.439. The average molecular weight is 531 g/mol. The third kappa shape index (κ3) is 6.89. The van der Waals surface area contributed by atoms with E-state index >= 15 is 0 Å². The van der Waals surface area contributed by atoms with Crippen LogP contribution in [-0.2, 0) is 21.4 Å². The van der Waals surface area contributed by atoms with Crippen molar-refractivity contribution in [3.05, 3.63) is 89.4 Å². The molecule has 0 aliphatic rings. The molecule has 0 fully saturated rings. The smallest absolute Gasteiger partial charge is 0.330 e. The molecule has 0 bridgehead atoms. The Labute approximate surface area is 215 Å². The molecule has 0 heterocycles. The second kappa shape index (κ2) is 11.8. The van der Waals surface area contributed by atoms with Gasteiger partial charge in [-0.3, -0.25) is 9.10 Å². The first-order valence-electron chi connectivity index (χ1n) is 10.9. The van der Waals surface area contributed by atoms with E-state index in [0.717, 1.165) is 9.87 Å². The minimum absolute atomic E-state index is 0.151. The third-order valence-electron chi connectivity index (χ3n) is 5.43. The normalized spacial score (nSPS) is 11.8. The first-order valence-corrected chi connectivity index (χ1v) is 12.7. The maximum Gasteiger partial charge on any atom is 0.330 e. The molecule has 9 nitrogen and oxygen atoms in total. The van der Waals surface area contributed by atoms with Crippen molar-refractivity contribution < 1.29 is 22.7 Å². The molecule has 0 saturated heterocycles. The van der Waals surface area contributed by atoms with Gasteiger partial charge in [-0.2, -0.15) is 8.42 Å². The van der Waals surface area contributed by atoms with Crippen molar-refractivity contribution in [1.29, 1.82) is 0 Å². The van der Waals surface area contributed by atoms with Crippen molar-refractivity contribution in [2.45, 2.75) is 12.5 Å². The number of urea groups is 1. The second-order valence-electron chi connectivity index (χ2n) is 7.87. The van der Waals surface area contributed by atoms with Crippen molar-refractivity contribution in [1.82, 2.24) is 10.0 Å². The predicted molar refractivity (Wildman–Crippen MR) is 141 cm³/mol. The van der Waals surface area contributed by atoms with E-state index in [2.05, 4.69) is 5.32 Å². The Kier molecular flexibility index (Phi) is 8.78. The van der Waals surface area contributed by atoms with Gasteiger partial charge in [0.05, 0.1) is 12.8 Å². The molecule has 0 aliphatic heterocycles. The summed E-state index contributed by atoms with van der Waals surface area (Å²) in [5.41, 5.74) is 1.63. The molecule has 0 radical (unpaired) electrons. The summed E-state index contributed by atoms with van der Waals surface area (Å²) in [6.45, 7) is 0. The van der Waals surface area contributed by atoms with Crippen LogP contribution in [0.25, 0.3) is 0 Å². The third-order valence-corrected chi connectivity index (χ3v) is 7.04. The molecule has 190 valence electrons. The van der Waals surface area contributed by atoms with Crippen LogP contribution in [0.15, 0.2) is 78.9 Å². The highest BCUT2D eigenvalue weighted by Gasteiger charge is 2.28. The van der Waals surface area contributed by atoms with Gasteiger partial charge in [-0.05, 0) is 48.0 Å². The van der Waals surface area contributed by atoms with E-state index in [9.17, 15) is 18.0 Å². The van der Waals surface area contributed by atoms with E-state index in [1.54, 1.807) is 50.6 Å². The summed E-state index contributed by atoms with van der Waals surface area (Å²) in [6.07, 6.45) is 0.151. The molecule has 0 aliphatic carbocycles. The van der Waals surface area contributed by atoms with Crippen LogP contribution in [-0.4, -0.2) is 47.6 Å². The van der Waals surface area contributed by atoms with Crippen molar-refractivity contribution in [2.75, 3.05) is 30.4 Å². The van der Waals surface area contributed by atoms with E-state index < -0.39 is 28.2 Å². The monoisotopic (exact) mass is 530 g/mol. The zero-order chi connectivity index (χ0) is 26.3. The van der Waals surface area contributed by atoms with Crippen LogP contribution in [0, 0.1) is 0 Å². The van der Waals surface area contributed by atoms with Gasteiger partial charge in [0.25, 0.3) is 0 Å². The number of carbonyl (C=O) groups excluding carboxylic acids is 2. The Hall–Kier alpha value is -3.76. The number of ether oxygens (including phenoxy) is 1. The van der Waals surface area contributed by atoms with Crippen LogP contribution in [0.4, 0.5) is 16.2 Å². The molecule has 11 heteroatoms. The van der Waals surface area contributed by atoms with Gasteiger partial charge in [0, 0.05) is 31.2 Å². The van der Waals surface area contributed by atoms with Gasteiger partial charge in [0.1, 0.15) is 11.8 Å². The molecule has 1 atom stereocenters. The Balaban J connectivity index is 1.79. The lowest BCUT2D eigenvalue weighted by atomic mass is 10.0. The summed E-state index contributed by atoms with van der Waals surface area (Å²) in [5, 5.41) is 2.86. The van der Waals surface area contributed by atoms with Gasteiger partial charge in [-0.15, -0.1) is 0 Å². The number of likely N-dealkylation sites (N-methyl/N-ethyl adjacent to an activating group) is 1. The number of halogens is 1. The molecular formula is C25H27ClN4O5S. The van der Waals surface area contributed by atoms with Gasteiger partial charge in [0.15, 0.2) is 0 Å². The van der Waals surface area contributed by atoms with Crippen molar-refractivity contribution in [3.8, 4) is 5.75 Å². The molecule has 2 N–H and O–H groups in total. The fraction of sp³-hybridized carbons (Fsp3) is 0.200. The van der Waals surface area contributed by atoms with Crippen LogP contribution in [0.2, 0.25) is 5.02 Å². The number of amides is 3. The summed E-state index contributed by atoms with van der Waals surface area (Å²) in [7, 11) is 0.120. The largest absolute Gasteiger partial charge is 0.497 e. The molecule has 3 rings (SSSR count). The highest BCUT2D eigenvalue weighted by Crippen LogP contribution is 2.21. The molecule has 36 heavy (non-hydrogen) atoms.